The fourth-order valence-electron chi connectivity index (χ4n) is 1.60. The Kier molecular flexibility index (Phi) is 3.91. The fraction of sp³-hybridized carbons (Fsp3) is 0.154. The van der Waals surface area contributed by atoms with Crippen LogP contribution in [0.15, 0.2) is 41.0 Å². The van der Waals surface area contributed by atoms with E-state index in [-0.39, 0.29) is 0 Å². The number of carbonyl (C=O) groups is 1. The molecule has 19 heavy (non-hydrogen) atoms. The van der Waals surface area contributed by atoms with Gasteiger partial charge >= 0.3 is 0 Å². The van der Waals surface area contributed by atoms with E-state index in [9.17, 15) is 18.7 Å². The quantitative estimate of drug-likeness (QED) is 0.890. The summed E-state index contributed by atoms with van der Waals surface area (Å²) in [5, 5.41) is 11.5. The lowest BCUT2D eigenvalue weighted by atomic mass is 10.1. The highest BCUT2D eigenvalue weighted by Gasteiger charge is 2.19. The third kappa shape index (κ3) is 2.97. The smallest absolute Gasteiger partial charge is 0.255 e. The van der Waals surface area contributed by atoms with Crippen LogP contribution in [0.25, 0.3) is 0 Å². The topological polar surface area (TPSA) is 62.5 Å². The molecule has 1 unspecified atom stereocenters. The minimum atomic E-state index is -0.838. The molecule has 0 fully saturated rings. The van der Waals surface area contributed by atoms with Gasteiger partial charge in [-0.3, -0.25) is 4.79 Å². The van der Waals surface area contributed by atoms with Crippen LogP contribution >= 0.6 is 0 Å². The molecule has 0 spiro atoms. The van der Waals surface area contributed by atoms with Crippen LogP contribution in [0.5, 0.6) is 0 Å². The summed E-state index contributed by atoms with van der Waals surface area (Å²) in [7, 11) is 0. The van der Waals surface area contributed by atoms with E-state index in [1.807, 2.05) is 0 Å². The molecule has 2 rings (SSSR count). The summed E-state index contributed by atoms with van der Waals surface area (Å²) in [5.41, 5.74) is -0.426. The number of hydrogen-bond donors (Lipinski definition) is 2. The fourth-order valence-corrected chi connectivity index (χ4v) is 1.60. The van der Waals surface area contributed by atoms with E-state index in [0.29, 0.717) is 5.76 Å². The maximum absolute atomic E-state index is 13.4. The summed E-state index contributed by atoms with van der Waals surface area (Å²) in [4.78, 5) is 11.8. The molecule has 0 bridgehead atoms. The van der Waals surface area contributed by atoms with Crippen molar-refractivity contribution in [1.82, 2.24) is 5.32 Å². The summed E-state index contributed by atoms with van der Waals surface area (Å²) in [6, 6.07) is 4.91. The summed E-state index contributed by atoms with van der Waals surface area (Å²) in [6.07, 6.45) is 1.38. The molecule has 2 N–H and O–H groups in total. The van der Waals surface area contributed by atoms with Crippen LogP contribution in [0.1, 0.15) is 22.2 Å². The van der Waals surface area contributed by atoms with Gasteiger partial charge in [-0.2, -0.15) is 0 Å². The van der Waals surface area contributed by atoms with Gasteiger partial charge in [-0.15, -0.1) is 0 Å². The normalized spacial score (nSPS) is 12.2. The highest BCUT2D eigenvalue weighted by atomic mass is 19.1. The van der Waals surface area contributed by atoms with Crippen LogP contribution in [-0.4, -0.2) is 17.6 Å². The van der Waals surface area contributed by atoms with Crippen LogP contribution in [0.4, 0.5) is 8.78 Å². The highest BCUT2D eigenvalue weighted by molar-refractivity contribution is 5.94. The SMILES string of the molecule is O=C(NC(CO)c1ccco1)c1cc(F)ccc1F. The molecule has 0 saturated heterocycles. The Bertz CT molecular complexity index is 569. The van der Waals surface area contributed by atoms with Crippen molar-refractivity contribution in [2.24, 2.45) is 0 Å². The molecule has 0 radical (unpaired) electrons. The highest BCUT2D eigenvalue weighted by Crippen LogP contribution is 2.15. The molecule has 0 aliphatic rings. The second-order valence-electron chi connectivity index (χ2n) is 3.85. The largest absolute Gasteiger partial charge is 0.467 e. The number of rotatable bonds is 4. The molecule has 1 atom stereocenters. The minimum Gasteiger partial charge on any atom is -0.467 e. The molecule has 0 aliphatic heterocycles. The van der Waals surface area contributed by atoms with Crippen LogP contribution in [0.2, 0.25) is 0 Å². The first-order valence-corrected chi connectivity index (χ1v) is 5.52. The monoisotopic (exact) mass is 267 g/mol. The number of furan rings is 1. The number of hydrogen-bond acceptors (Lipinski definition) is 3. The first-order chi connectivity index (χ1) is 9.11. The van der Waals surface area contributed by atoms with Crippen molar-refractivity contribution in [2.45, 2.75) is 6.04 Å². The van der Waals surface area contributed by atoms with Crippen molar-refractivity contribution in [3.63, 3.8) is 0 Å². The third-order valence-electron chi connectivity index (χ3n) is 2.55. The number of nitrogens with one attached hydrogen (secondary N) is 1. The van der Waals surface area contributed by atoms with Gasteiger partial charge in [0.25, 0.3) is 5.91 Å². The van der Waals surface area contributed by atoms with E-state index < -0.39 is 35.8 Å². The Morgan fingerprint density at radius 2 is 2.16 bits per heavy atom. The van der Waals surface area contributed by atoms with Crippen molar-refractivity contribution in [1.29, 1.82) is 0 Å². The molecule has 1 aromatic carbocycles. The van der Waals surface area contributed by atoms with Gasteiger partial charge in [0.2, 0.25) is 0 Å². The standard InChI is InChI=1S/C13H11F2NO3/c14-8-3-4-10(15)9(6-8)13(18)16-11(7-17)12-2-1-5-19-12/h1-6,11,17H,7H2,(H,16,18). The van der Waals surface area contributed by atoms with E-state index in [1.54, 1.807) is 12.1 Å². The van der Waals surface area contributed by atoms with E-state index >= 15 is 0 Å². The average molecular weight is 267 g/mol. The number of aliphatic hydroxyl groups is 1. The number of halogens is 2. The number of carbonyl (C=O) groups excluding carboxylic acids is 1. The molecule has 100 valence electrons. The van der Waals surface area contributed by atoms with Crippen LogP contribution in [0.3, 0.4) is 0 Å². The molecular weight excluding hydrogens is 256 g/mol. The zero-order chi connectivity index (χ0) is 13.8. The van der Waals surface area contributed by atoms with Gasteiger partial charge in [0, 0.05) is 0 Å². The number of aliphatic hydroxyl groups excluding tert-OH is 1. The van der Waals surface area contributed by atoms with Gasteiger partial charge in [0.1, 0.15) is 23.4 Å². The minimum absolute atomic E-state index is 0.327. The van der Waals surface area contributed by atoms with E-state index in [2.05, 4.69) is 5.32 Å². The van der Waals surface area contributed by atoms with Crippen molar-refractivity contribution < 1.29 is 23.1 Å². The molecule has 1 heterocycles. The summed E-state index contributed by atoms with van der Waals surface area (Å²) >= 11 is 0. The molecule has 4 nitrogen and oxygen atoms in total. The molecule has 0 aliphatic carbocycles. The van der Waals surface area contributed by atoms with Crippen LogP contribution < -0.4 is 5.32 Å². The number of amides is 1. The maximum atomic E-state index is 13.4. The zero-order valence-electron chi connectivity index (χ0n) is 9.77. The van der Waals surface area contributed by atoms with Gasteiger partial charge in [-0.1, -0.05) is 0 Å². The first kappa shape index (κ1) is 13.2. The van der Waals surface area contributed by atoms with E-state index in [0.717, 1.165) is 18.2 Å². The lowest BCUT2D eigenvalue weighted by Gasteiger charge is -2.14. The van der Waals surface area contributed by atoms with Crippen LogP contribution in [-0.2, 0) is 0 Å². The summed E-state index contributed by atoms with van der Waals surface area (Å²) in [6.45, 7) is -0.420. The molecule has 1 aromatic heterocycles. The molecule has 6 heteroatoms. The Balaban J connectivity index is 2.18. The van der Waals surface area contributed by atoms with Gasteiger partial charge in [-0.25, -0.2) is 8.78 Å². The lowest BCUT2D eigenvalue weighted by molar-refractivity contribution is 0.0902. The molecule has 1 amide bonds. The van der Waals surface area contributed by atoms with Crippen molar-refractivity contribution in [3.05, 3.63) is 59.6 Å². The first-order valence-electron chi connectivity index (χ1n) is 5.52. The summed E-state index contributed by atoms with van der Waals surface area (Å²) in [5.74, 6) is -2.06. The lowest BCUT2D eigenvalue weighted by Crippen LogP contribution is -2.31. The molecular formula is C13H11F2NO3. The third-order valence-corrected chi connectivity index (χ3v) is 2.55. The Labute approximate surface area is 107 Å². The van der Waals surface area contributed by atoms with Gasteiger partial charge in [-0.05, 0) is 30.3 Å². The van der Waals surface area contributed by atoms with Crippen molar-refractivity contribution in [2.75, 3.05) is 6.61 Å². The van der Waals surface area contributed by atoms with Gasteiger partial charge < -0.3 is 14.8 Å². The Morgan fingerprint density at radius 1 is 1.37 bits per heavy atom. The Hall–Kier alpha value is -2.21. The number of benzene rings is 1. The second kappa shape index (κ2) is 5.62. The van der Waals surface area contributed by atoms with Crippen LogP contribution in [0, 0.1) is 11.6 Å². The van der Waals surface area contributed by atoms with Gasteiger partial charge in [0.15, 0.2) is 0 Å². The van der Waals surface area contributed by atoms with E-state index in [1.165, 1.54) is 6.26 Å². The van der Waals surface area contributed by atoms with Crippen molar-refractivity contribution >= 4 is 5.91 Å². The predicted molar refractivity (Wildman–Crippen MR) is 62.4 cm³/mol. The average Bonchev–Trinajstić information content (AvgIpc) is 2.92. The maximum Gasteiger partial charge on any atom is 0.255 e. The zero-order valence-corrected chi connectivity index (χ0v) is 9.77. The van der Waals surface area contributed by atoms with Gasteiger partial charge in [0.05, 0.1) is 18.4 Å². The summed E-state index contributed by atoms with van der Waals surface area (Å²) < 4.78 is 31.4. The van der Waals surface area contributed by atoms with E-state index in [4.69, 9.17) is 4.42 Å². The second-order valence-corrected chi connectivity index (χ2v) is 3.85. The Morgan fingerprint density at radius 3 is 2.79 bits per heavy atom. The van der Waals surface area contributed by atoms with Crippen molar-refractivity contribution in [3.8, 4) is 0 Å². The predicted octanol–water partition coefficient (Wildman–Crippen LogP) is 2.02. The molecule has 0 saturated carbocycles. The molecule has 2 aromatic rings.